The van der Waals surface area contributed by atoms with Gasteiger partial charge in [0, 0.05) is 22.3 Å². The SMILES string of the molecule is Oc1ccc(Br)cc1N=Cc1cc(F)c(F)cc1F. The molecule has 0 radical (unpaired) electrons. The first kappa shape index (κ1) is 13.6. The molecule has 6 heteroatoms. The Morgan fingerprint density at radius 1 is 1.00 bits per heavy atom. The quantitative estimate of drug-likeness (QED) is 0.645. The summed E-state index contributed by atoms with van der Waals surface area (Å²) in [6.07, 6.45) is 1.01. The van der Waals surface area contributed by atoms with Crippen molar-refractivity contribution in [2.75, 3.05) is 0 Å². The molecule has 0 unspecified atom stereocenters. The molecule has 0 amide bonds. The molecule has 0 aromatic heterocycles. The fourth-order valence-corrected chi connectivity index (χ4v) is 1.72. The van der Waals surface area contributed by atoms with E-state index in [2.05, 4.69) is 20.9 Å². The highest BCUT2D eigenvalue weighted by Crippen LogP contribution is 2.29. The van der Waals surface area contributed by atoms with Crippen molar-refractivity contribution in [3.05, 3.63) is 57.8 Å². The van der Waals surface area contributed by atoms with Crippen LogP contribution in [0.15, 0.2) is 39.8 Å². The van der Waals surface area contributed by atoms with Gasteiger partial charge in [-0.05, 0) is 24.3 Å². The van der Waals surface area contributed by atoms with Gasteiger partial charge in [-0.25, -0.2) is 13.2 Å². The number of rotatable bonds is 2. The molecule has 0 spiro atoms. The Balaban J connectivity index is 2.38. The lowest BCUT2D eigenvalue weighted by Gasteiger charge is -2.01. The van der Waals surface area contributed by atoms with Gasteiger partial charge < -0.3 is 5.11 Å². The predicted molar refractivity (Wildman–Crippen MR) is 69.4 cm³/mol. The zero-order chi connectivity index (χ0) is 14.0. The number of phenols is 1. The number of halogens is 4. The number of nitrogens with zero attached hydrogens (tertiary/aromatic N) is 1. The average molecular weight is 330 g/mol. The molecule has 0 fully saturated rings. The van der Waals surface area contributed by atoms with Crippen molar-refractivity contribution in [1.82, 2.24) is 0 Å². The second kappa shape index (κ2) is 5.44. The first-order chi connectivity index (χ1) is 8.97. The lowest BCUT2D eigenvalue weighted by molar-refractivity contribution is 0.477. The summed E-state index contributed by atoms with van der Waals surface area (Å²) in [6, 6.07) is 5.65. The summed E-state index contributed by atoms with van der Waals surface area (Å²) in [7, 11) is 0. The Morgan fingerprint density at radius 2 is 1.68 bits per heavy atom. The molecular formula is C13H7BrF3NO. The summed E-state index contributed by atoms with van der Waals surface area (Å²) in [5.74, 6) is -3.47. The van der Waals surface area contributed by atoms with E-state index in [0.717, 1.165) is 6.21 Å². The van der Waals surface area contributed by atoms with E-state index in [1.807, 2.05) is 0 Å². The minimum absolute atomic E-state index is 0.109. The molecule has 0 heterocycles. The molecule has 0 aliphatic carbocycles. The molecular weight excluding hydrogens is 323 g/mol. The van der Waals surface area contributed by atoms with Crippen molar-refractivity contribution in [2.45, 2.75) is 0 Å². The molecule has 98 valence electrons. The predicted octanol–water partition coefficient (Wildman–Crippen LogP) is 4.32. The second-order valence-electron chi connectivity index (χ2n) is 3.68. The number of hydrogen-bond donors (Lipinski definition) is 1. The summed E-state index contributed by atoms with van der Waals surface area (Å²) >= 11 is 3.19. The second-order valence-corrected chi connectivity index (χ2v) is 4.59. The van der Waals surface area contributed by atoms with E-state index in [-0.39, 0.29) is 17.0 Å². The van der Waals surface area contributed by atoms with Crippen molar-refractivity contribution < 1.29 is 18.3 Å². The summed E-state index contributed by atoms with van der Waals surface area (Å²) in [6.45, 7) is 0. The van der Waals surface area contributed by atoms with E-state index in [9.17, 15) is 18.3 Å². The molecule has 0 saturated carbocycles. The van der Waals surface area contributed by atoms with Crippen molar-refractivity contribution >= 4 is 27.8 Å². The fourth-order valence-electron chi connectivity index (χ4n) is 1.38. The van der Waals surface area contributed by atoms with Crippen LogP contribution in [0.25, 0.3) is 0 Å². The Kier molecular flexibility index (Phi) is 3.90. The molecule has 2 aromatic rings. The van der Waals surface area contributed by atoms with Gasteiger partial charge in [-0.15, -0.1) is 0 Å². The molecule has 1 N–H and O–H groups in total. The minimum atomic E-state index is -1.26. The van der Waals surface area contributed by atoms with Gasteiger partial charge in [0.15, 0.2) is 11.6 Å². The van der Waals surface area contributed by atoms with Crippen molar-refractivity contribution in [3.63, 3.8) is 0 Å². The number of phenolic OH excluding ortho intramolecular Hbond substituents is 1. The molecule has 0 bridgehead atoms. The molecule has 0 saturated heterocycles. The number of hydrogen-bond acceptors (Lipinski definition) is 2. The smallest absolute Gasteiger partial charge is 0.161 e. The number of aliphatic imine (C=N–C) groups is 1. The maximum Gasteiger partial charge on any atom is 0.161 e. The Bertz CT molecular complexity index is 659. The largest absolute Gasteiger partial charge is 0.506 e. The molecule has 0 aliphatic rings. The monoisotopic (exact) mass is 329 g/mol. The lowest BCUT2D eigenvalue weighted by atomic mass is 10.2. The van der Waals surface area contributed by atoms with Crippen molar-refractivity contribution in [2.24, 2.45) is 4.99 Å². The number of aromatic hydroxyl groups is 1. The lowest BCUT2D eigenvalue weighted by Crippen LogP contribution is -1.93. The third-order valence-electron chi connectivity index (χ3n) is 2.32. The third kappa shape index (κ3) is 3.14. The Hall–Kier alpha value is -1.82. The van der Waals surface area contributed by atoms with Crippen LogP contribution in [0.4, 0.5) is 18.9 Å². The summed E-state index contributed by atoms with van der Waals surface area (Å²) < 4.78 is 39.7. The molecule has 19 heavy (non-hydrogen) atoms. The highest BCUT2D eigenvalue weighted by molar-refractivity contribution is 9.10. The van der Waals surface area contributed by atoms with Crippen LogP contribution in [0, 0.1) is 17.5 Å². The van der Waals surface area contributed by atoms with Gasteiger partial charge >= 0.3 is 0 Å². The standard InChI is InChI=1S/C13H7BrF3NO/c14-8-1-2-13(19)12(4-8)18-6-7-3-10(16)11(17)5-9(7)15/h1-6,19H. The van der Waals surface area contributed by atoms with Crippen LogP contribution < -0.4 is 0 Å². The number of benzene rings is 2. The molecule has 2 nitrogen and oxygen atoms in total. The van der Waals surface area contributed by atoms with Crippen molar-refractivity contribution in [3.8, 4) is 5.75 Å². The van der Waals surface area contributed by atoms with Crippen LogP contribution >= 0.6 is 15.9 Å². The first-order valence-electron chi connectivity index (χ1n) is 5.14. The first-order valence-corrected chi connectivity index (χ1v) is 5.94. The van der Waals surface area contributed by atoms with Gasteiger partial charge in [0.1, 0.15) is 17.3 Å². The summed E-state index contributed by atoms with van der Waals surface area (Å²) in [4.78, 5) is 3.83. The van der Waals surface area contributed by atoms with Gasteiger partial charge in [-0.1, -0.05) is 15.9 Å². The van der Waals surface area contributed by atoms with Gasteiger partial charge in [-0.3, -0.25) is 4.99 Å². The molecule has 2 rings (SSSR count). The van der Waals surface area contributed by atoms with Gasteiger partial charge in [0.25, 0.3) is 0 Å². The summed E-state index contributed by atoms with van der Waals surface area (Å²) in [5.41, 5.74) is -0.0308. The minimum Gasteiger partial charge on any atom is -0.506 e. The topological polar surface area (TPSA) is 32.6 Å². The third-order valence-corrected chi connectivity index (χ3v) is 2.81. The Labute approximate surface area is 115 Å². The van der Waals surface area contributed by atoms with Crippen LogP contribution in [0.3, 0.4) is 0 Å². The van der Waals surface area contributed by atoms with Crippen LogP contribution in [0.1, 0.15) is 5.56 Å². The van der Waals surface area contributed by atoms with E-state index in [1.54, 1.807) is 6.07 Å². The Morgan fingerprint density at radius 3 is 2.42 bits per heavy atom. The molecule has 0 atom stereocenters. The summed E-state index contributed by atoms with van der Waals surface area (Å²) in [5, 5.41) is 9.52. The van der Waals surface area contributed by atoms with Crippen LogP contribution in [0.2, 0.25) is 0 Å². The van der Waals surface area contributed by atoms with E-state index in [0.29, 0.717) is 16.6 Å². The van der Waals surface area contributed by atoms with Gasteiger partial charge in [0.05, 0.1) is 0 Å². The highest BCUT2D eigenvalue weighted by Gasteiger charge is 2.08. The maximum atomic E-state index is 13.3. The van der Waals surface area contributed by atoms with E-state index in [1.165, 1.54) is 12.1 Å². The average Bonchev–Trinajstić information content (AvgIpc) is 2.36. The van der Waals surface area contributed by atoms with Gasteiger partial charge in [-0.2, -0.15) is 0 Å². The zero-order valence-corrected chi connectivity index (χ0v) is 11.0. The van der Waals surface area contributed by atoms with Crippen LogP contribution in [0.5, 0.6) is 5.75 Å². The molecule has 2 aromatic carbocycles. The maximum absolute atomic E-state index is 13.3. The van der Waals surface area contributed by atoms with E-state index in [4.69, 9.17) is 0 Å². The van der Waals surface area contributed by atoms with Gasteiger partial charge in [0.2, 0.25) is 0 Å². The van der Waals surface area contributed by atoms with E-state index < -0.39 is 17.5 Å². The highest BCUT2D eigenvalue weighted by atomic mass is 79.9. The van der Waals surface area contributed by atoms with Crippen LogP contribution in [-0.4, -0.2) is 11.3 Å². The normalized spacial score (nSPS) is 11.2. The van der Waals surface area contributed by atoms with Crippen molar-refractivity contribution in [1.29, 1.82) is 0 Å². The molecule has 0 aliphatic heterocycles. The zero-order valence-electron chi connectivity index (χ0n) is 9.37. The van der Waals surface area contributed by atoms with E-state index >= 15 is 0 Å². The fraction of sp³-hybridized carbons (Fsp3) is 0. The van der Waals surface area contributed by atoms with Crippen LogP contribution in [-0.2, 0) is 0 Å².